The molecule has 3 rings (SSSR count). The molecule has 0 aromatic heterocycles. The first-order valence-corrected chi connectivity index (χ1v) is 10.4. The van der Waals surface area contributed by atoms with Crippen molar-refractivity contribution < 1.29 is 9.59 Å². The predicted octanol–water partition coefficient (Wildman–Crippen LogP) is 3.54. The molecule has 0 bridgehead atoms. The van der Waals surface area contributed by atoms with E-state index in [2.05, 4.69) is 48.3 Å². The van der Waals surface area contributed by atoms with Gasteiger partial charge < -0.3 is 10.2 Å². The van der Waals surface area contributed by atoms with Crippen molar-refractivity contribution >= 4 is 23.4 Å². The van der Waals surface area contributed by atoms with E-state index in [0.717, 1.165) is 19.6 Å². The highest BCUT2D eigenvalue weighted by atomic mass is 35.5. The summed E-state index contributed by atoms with van der Waals surface area (Å²) in [5, 5.41) is 3.06. The monoisotopic (exact) mass is 413 g/mol. The summed E-state index contributed by atoms with van der Waals surface area (Å²) >= 11 is 6.03. The predicted molar refractivity (Wildman–Crippen MR) is 116 cm³/mol. The minimum absolute atomic E-state index is 0.0132. The lowest BCUT2D eigenvalue weighted by atomic mass is 10.0. The van der Waals surface area contributed by atoms with Gasteiger partial charge in [-0.2, -0.15) is 0 Å². The van der Waals surface area contributed by atoms with Crippen LogP contribution in [0.1, 0.15) is 41.3 Å². The summed E-state index contributed by atoms with van der Waals surface area (Å²) in [6, 6.07) is 15.6. The lowest BCUT2D eigenvalue weighted by molar-refractivity contribution is -0.131. The third kappa shape index (κ3) is 5.81. The van der Waals surface area contributed by atoms with Gasteiger partial charge in [0.1, 0.15) is 0 Å². The topological polar surface area (TPSA) is 52.6 Å². The standard InChI is InChI=1S/C23H28ClN3O2/c1-17(2)19-9-7-18(8-10-19)16-26-11-13-27(14-12-26)22(28)15-25-23(29)20-5-3-4-6-21(20)24/h3-10,17H,11-16H2,1-2H3,(H,25,29). The summed E-state index contributed by atoms with van der Waals surface area (Å²) in [7, 11) is 0. The molecule has 154 valence electrons. The van der Waals surface area contributed by atoms with Crippen LogP contribution in [-0.4, -0.2) is 54.3 Å². The Balaban J connectivity index is 1.43. The Hall–Kier alpha value is -2.37. The average molecular weight is 414 g/mol. The fourth-order valence-electron chi connectivity index (χ4n) is 3.43. The van der Waals surface area contributed by atoms with Gasteiger partial charge in [0.2, 0.25) is 5.91 Å². The van der Waals surface area contributed by atoms with Gasteiger partial charge in [-0.15, -0.1) is 0 Å². The number of benzene rings is 2. The lowest BCUT2D eigenvalue weighted by Crippen LogP contribution is -2.50. The highest BCUT2D eigenvalue weighted by Gasteiger charge is 2.22. The molecule has 2 amide bonds. The molecule has 5 nitrogen and oxygen atoms in total. The Bertz CT molecular complexity index is 843. The van der Waals surface area contributed by atoms with Gasteiger partial charge >= 0.3 is 0 Å². The van der Waals surface area contributed by atoms with Crippen LogP contribution in [0.5, 0.6) is 0 Å². The molecule has 0 unspecified atom stereocenters. The maximum atomic E-state index is 12.4. The van der Waals surface area contributed by atoms with Crippen LogP contribution in [0, 0.1) is 0 Å². The summed E-state index contributed by atoms with van der Waals surface area (Å²) in [6.45, 7) is 8.27. The Kier molecular flexibility index (Phi) is 7.29. The summed E-state index contributed by atoms with van der Waals surface area (Å²) in [4.78, 5) is 28.8. The van der Waals surface area contributed by atoms with Crippen LogP contribution in [0.2, 0.25) is 5.02 Å². The fraction of sp³-hybridized carbons (Fsp3) is 0.391. The van der Waals surface area contributed by atoms with E-state index in [-0.39, 0.29) is 18.4 Å². The number of hydrogen-bond donors (Lipinski definition) is 1. The molecule has 29 heavy (non-hydrogen) atoms. The van der Waals surface area contributed by atoms with Crippen molar-refractivity contribution in [2.45, 2.75) is 26.3 Å². The van der Waals surface area contributed by atoms with Crippen LogP contribution in [0.4, 0.5) is 0 Å². The van der Waals surface area contributed by atoms with Crippen molar-refractivity contribution in [2.75, 3.05) is 32.7 Å². The molecule has 0 saturated carbocycles. The van der Waals surface area contributed by atoms with E-state index in [4.69, 9.17) is 11.6 Å². The molecule has 0 radical (unpaired) electrons. The molecule has 1 heterocycles. The Morgan fingerprint density at radius 2 is 1.66 bits per heavy atom. The molecular weight excluding hydrogens is 386 g/mol. The first-order valence-electron chi connectivity index (χ1n) is 10.1. The van der Waals surface area contributed by atoms with E-state index in [1.165, 1.54) is 11.1 Å². The number of hydrogen-bond acceptors (Lipinski definition) is 3. The summed E-state index contributed by atoms with van der Waals surface area (Å²) < 4.78 is 0. The first-order chi connectivity index (χ1) is 13.9. The molecule has 2 aromatic rings. The number of nitrogens with one attached hydrogen (secondary N) is 1. The van der Waals surface area contributed by atoms with Crippen LogP contribution < -0.4 is 5.32 Å². The minimum Gasteiger partial charge on any atom is -0.343 e. The van der Waals surface area contributed by atoms with Crippen molar-refractivity contribution in [3.8, 4) is 0 Å². The third-order valence-corrected chi connectivity index (χ3v) is 5.63. The maximum absolute atomic E-state index is 12.4. The molecule has 1 saturated heterocycles. The van der Waals surface area contributed by atoms with E-state index in [0.29, 0.717) is 29.6 Å². The molecular formula is C23H28ClN3O2. The quantitative estimate of drug-likeness (QED) is 0.788. The van der Waals surface area contributed by atoms with Crippen molar-refractivity contribution in [1.29, 1.82) is 0 Å². The Labute approximate surface area is 177 Å². The number of nitrogens with zero attached hydrogens (tertiary/aromatic N) is 2. The van der Waals surface area contributed by atoms with Crippen LogP contribution in [0.15, 0.2) is 48.5 Å². The highest BCUT2D eigenvalue weighted by Crippen LogP contribution is 2.17. The van der Waals surface area contributed by atoms with Gasteiger partial charge in [-0.3, -0.25) is 14.5 Å². The van der Waals surface area contributed by atoms with Gasteiger partial charge in [-0.05, 0) is 29.2 Å². The van der Waals surface area contributed by atoms with E-state index >= 15 is 0 Å². The van der Waals surface area contributed by atoms with E-state index in [9.17, 15) is 9.59 Å². The molecule has 0 spiro atoms. The number of rotatable bonds is 6. The Morgan fingerprint density at radius 3 is 2.28 bits per heavy atom. The Morgan fingerprint density at radius 1 is 1.00 bits per heavy atom. The molecule has 1 aliphatic rings. The molecule has 6 heteroatoms. The highest BCUT2D eigenvalue weighted by molar-refractivity contribution is 6.33. The van der Waals surface area contributed by atoms with Crippen LogP contribution in [-0.2, 0) is 11.3 Å². The third-order valence-electron chi connectivity index (χ3n) is 5.30. The summed E-state index contributed by atoms with van der Waals surface area (Å²) in [5.41, 5.74) is 3.03. The molecule has 2 aromatic carbocycles. The molecule has 1 aliphatic heterocycles. The normalized spacial score (nSPS) is 14.8. The van der Waals surface area contributed by atoms with Crippen LogP contribution in [0.25, 0.3) is 0 Å². The van der Waals surface area contributed by atoms with Gasteiger partial charge in [0, 0.05) is 32.7 Å². The number of carbonyl (C=O) groups excluding carboxylic acids is 2. The van der Waals surface area contributed by atoms with Gasteiger partial charge in [0.15, 0.2) is 0 Å². The number of halogens is 1. The van der Waals surface area contributed by atoms with Gasteiger partial charge in [-0.1, -0.05) is 61.8 Å². The SMILES string of the molecule is CC(C)c1ccc(CN2CCN(C(=O)CNC(=O)c3ccccc3Cl)CC2)cc1. The molecule has 1 N–H and O–H groups in total. The average Bonchev–Trinajstić information content (AvgIpc) is 2.73. The summed E-state index contributed by atoms with van der Waals surface area (Å²) in [5.74, 6) is 0.149. The summed E-state index contributed by atoms with van der Waals surface area (Å²) in [6.07, 6.45) is 0. The maximum Gasteiger partial charge on any atom is 0.253 e. The molecule has 0 aliphatic carbocycles. The van der Waals surface area contributed by atoms with Crippen molar-refractivity contribution in [1.82, 2.24) is 15.1 Å². The first kappa shape index (κ1) is 21.3. The van der Waals surface area contributed by atoms with Crippen LogP contribution >= 0.6 is 11.6 Å². The molecule has 1 fully saturated rings. The van der Waals surface area contributed by atoms with Gasteiger partial charge in [-0.25, -0.2) is 0 Å². The zero-order valence-corrected chi connectivity index (χ0v) is 17.8. The fourth-order valence-corrected chi connectivity index (χ4v) is 3.65. The molecule has 0 atom stereocenters. The van der Waals surface area contributed by atoms with E-state index < -0.39 is 0 Å². The number of amides is 2. The number of carbonyl (C=O) groups is 2. The number of piperazine rings is 1. The zero-order valence-electron chi connectivity index (χ0n) is 17.0. The second kappa shape index (κ2) is 9.90. The van der Waals surface area contributed by atoms with Gasteiger partial charge in [0.05, 0.1) is 17.1 Å². The zero-order chi connectivity index (χ0) is 20.8. The van der Waals surface area contributed by atoms with Crippen molar-refractivity contribution in [2.24, 2.45) is 0 Å². The van der Waals surface area contributed by atoms with Crippen molar-refractivity contribution in [3.05, 3.63) is 70.2 Å². The lowest BCUT2D eigenvalue weighted by Gasteiger charge is -2.34. The van der Waals surface area contributed by atoms with Crippen molar-refractivity contribution in [3.63, 3.8) is 0 Å². The smallest absolute Gasteiger partial charge is 0.253 e. The van der Waals surface area contributed by atoms with Crippen LogP contribution in [0.3, 0.4) is 0 Å². The second-order valence-corrected chi connectivity index (χ2v) is 8.12. The van der Waals surface area contributed by atoms with E-state index in [1.807, 2.05) is 4.90 Å². The van der Waals surface area contributed by atoms with Gasteiger partial charge in [0.25, 0.3) is 5.91 Å². The minimum atomic E-state index is -0.326. The largest absolute Gasteiger partial charge is 0.343 e. The van der Waals surface area contributed by atoms with E-state index in [1.54, 1.807) is 24.3 Å². The second-order valence-electron chi connectivity index (χ2n) is 7.72.